The SMILES string of the molecule is O=C(Cn1ccc2ccccc2c1=O)NCCC(=O)N1CCN(c2ccc(F)cc2)CC1. The number of piperazine rings is 1. The van der Waals surface area contributed by atoms with Crippen LogP contribution in [0.2, 0.25) is 0 Å². The van der Waals surface area contributed by atoms with E-state index in [4.69, 9.17) is 0 Å². The number of halogens is 1. The van der Waals surface area contributed by atoms with E-state index in [0.29, 0.717) is 31.6 Å². The monoisotopic (exact) mass is 436 g/mol. The maximum atomic E-state index is 13.1. The molecule has 0 aliphatic carbocycles. The number of benzene rings is 2. The van der Waals surface area contributed by atoms with E-state index >= 15 is 0 Å². The lowest BCUT2D eigenvalue weighted by atomic mass is 10.2. The van der Waals surface area contributed by atoms with Crippen LogP contribution in [0.15, 0.2) is 65.6 Å². The van der Waals surface area contributed by atoms with Crippen molar-refractivity contribution < 1.29 is 14.0 Å². The highest BCUT2D eigenvalue weighted by Gasteiger charge is 2.21. The Hall–Kier alpha value is -3.68. The zero-order chi connectivity index (χ0) is 22.5. The molecule has 1 saturated heterocycles. The number of anilines is 1. The minimum atomic E-state index is -0.309. The van der Waals surface area contributed by atoms with E-state index in [1.807, 2.05) is 12.1 Å². The van der Waals surface area contributed by atoms with Crippen LogP contribution in [-0.2, 0) is 16.1 Å². The predicted molar refractivity (Wildman–Crippen MR) is 121 cm³/mol. The molecule has 32 heavy (non-hydrogen) atoms. The number of pyridine rings is 1. The number of fused-ring (bicyclic) bond motifs is 1. The Balaban J connectivity index is 1.22. The van der Waals surface area contributed by atoms with Gasteiger partial charge in [0.05, 0.1) is 0 Å². The second kappa shape index (κ2) is 9.64. The first-order chi connectivity index (χ1) is 15.5. The van der Waals surface area contributed by atoms with E-state index in [1.54, 1.807) is 41.4 Å². The largest absolute Gasteiger partial charge is 0.368 e. The quantitative estimate of drug-likeness (QED) is 0.642. The van der Waals surface area contributed by atoms with Crippen molar-refractivity contribution in [3.8, 4) is 0 Å². The van der Waals surface area contributed by atoms with Crippen molar-refractivity contribution in [3.05, 3.63) is 77.0 Å². The molecule has 0 saturated carbocycles. The third-order valence-corrected chi connectivity index (χ3v) is 5.69. The van der Waals surface area contributed by atoms with Gasteiger partial charge in [-0.1, -0.05) is 18.2 Å². The summed E-state index contributed by atoms with van der Waals surface area (Å²) in [7, 11) is 0. The van der Waals surface area contributed by atoms with Crippen LogP contribution in [0.3, 0.4) is 0 Å². The van der Waals surface area contributed by atoms with Crippen LogP contribution >= 0.6 is 0 Å². The van der Waals surface area contributed by atoms with Crippen LogP contribution in [0.5, 0.6) is 0 Å². The molecule has 2 aromatic carbocycles. The average molecular weight is 436 g/mol. The van der Waals surface area contributed by atoms with Crippen LogP contribution in [0.4, 0.5) is 10.1 Å². The lowest BCUT2D eigenvalue weighted by Crippen LogP contribution is -2.49. The van der Waals surface area contributed by atoms with Crippen molar-refractivity contribution in [1.29, 1.82) is 0 Å². The zero-order valence-electron chi connectivity index (χ0n) is 17.7. The molecule has 1 aliphatic rings. The maximum Gasteiger partial charge on any atom is 0.258 e. The minimum Gasteiger partial charge on any atom is -0.368 e. The van der Waals surface area contributed by atoms with Crippen LogP contribution in [-0.4, -0.2) is 54.0 Å². The highest BCUT2D eigenvalue weighted by Crippen LogP contribution is 2.17. The number of nitrogens with one attached hydrogen (secondary N) is 1. The second-order valence-corrected chi connectivity index (χ2v) is 7.78. The molecule has 1 fully saturated rings. The normalized spacial score (nSPS) is 13.9. The lowest BCUT2D eigenvalue weighted by molar-refractivity contribution is -0.131. The Morgan fingerprint density at radius 2 is 1.66 bits per heavy atom. The van der Waals surface area contributed by atoms with E-state index < -0.39 is 0 Å². The van der Waals surface area contributed by atoms with E-state index in [9.17, 15) is 18.8 Å². The number of hydrogen-bond donors (Lipinski definition) is 1. The van der Waals surface area contributed by atoms with E-state index in [2.05, 4.69) is 10.2 Å². The van der Waals surface area contributed by atoms with Crippen molar-refractivity contribution in [1.82, 2.24) is 14.8 Å². The molecule has 4 rings (SSSR count). The maximum absolute atomic E-state index is 13.1. The van der Waals surface area contributed by atoms with Crippen molar-refractivity contribution in [2.45, 2.75) is 13.0 Å². The predicted octanol–water partition coefficient (Wildman–Crippen LogP) is 2.00. The summed E-state index contributed by atoms with van der Waals surface area (Å²) in [6.45, 7) is 2.64. The van der Waals surface area contributed by atoms with Gasteiger partial charge in [0.2, 0.25) is 11.8 Å². The molecule has 7 nitrogen and oxygen atoms in total. The first-order valence-electron chi connectivity index (χ1n) is 10.6. The van der Waals surface area contributed by atoms with Crippen molar-refractivity contribution in [2.75, 3.05) is 37.6 Å². The topological polar surface area (TPSA) is 74.6 Å². The lowest BCUT2D eigenvalue weighted by Gasteiger charge is -2.36. The van der Waals surface area contributed by atoms with Gasteiger partial charge >= 0.3 is 0 Å². The van der Waals surface area contributed by atoms with Gasteiger partial charge in [0, 0.05) is 56.4 Å². The number of hydrogen-bond acceptors (Lipinski definition) is 4. The van der Waals surface area contributed by atoms with E-state index in [1.165, 1.54) is 16.7 Å². The molecule has 2 amide bonds. The van der Waals surface area contributed by atoms with Crippen molar-refractivity contribution in [2.24, 2.45) is 0 Å². The Kier molecular flexibility index (Phi) is 6.49. The summed E-state index contributed by atoms with van der Waals surface area (Å²) in [6, 6.07) is 15.4. The van der Waals surface area contributed by atoms with Gasteiger partial charge in [-0.15, -0.1) is 0 Å². The highest BCUT2D eigenvalue weighted by molar-refractivity contribution is 5.82. The second-order valence-electron chi connectivity index (χ2n) is 7.78. The summed E-state index contributed by atoms with van der Waals surface area (Å²) in [6.07, 6.45) is 1.81. The van der Waals surface area contributed by atoms with Crippen LogP contribution in [0.1, 0.15) is 6.42 Å². The third-order valence-electron chi connectivity index (χ3n) is 5.69. The van der Waals surface area contributed by atoms with Crippen LogP contribution in [0.25, 0.3) is 10.8 Å². The summed E-state index contributed by atoms with van der Waals surface area (Å²) in [5.74, 6) is -0.599. The molecule has 2 heterocycles. The van der Waals surface area contributed by atoms with E-state index in [-0.39, 0.29) is 42.7 Å². The first kappa shape index (κ1) is 21.5. The van der Waals surface area contributed by atoms with Crippen LogP contribution < -0.4 is 15.8 Å². The number of aromatic nitrogens is 1. The molecule has 166 valence electrons. The van der Waals surface area contributed by atoms with Gasteiger partial charge in [-0.05, 0) is 41.8 Å². The molecule has 0 bridgehead atoms. The molecular weight excluding hydrogens is 411 g/mol. The molecule has 3 aromatic rings. The molecule has 0 unspecified atom stereocenters. The Morgan fingerprint density at radius 3 is 2.41 bits per heavy atom. The third kappa shape index (κ3) is 4.96. The molecule has 0 spiro atoms. The minimum absolute atomic E-state index is 0.0214. The fourth-order valence-electron chi connectivity index (χ4n) is 3.90. The van der Waals surface area contributed by atoms with Gasteiger partial charge < -0.3 is 19.7 Å². The standard InChI is InChI=1S/C24H25FN4O3/c25-19-5-7-20(8-6-19)27-13-15-28(16-14-27)23(31)9-11-26-22(30)17-29-12-10-18-3-1-2-4-21(18)24(29)32/h1-8,10,12H,9,11,13-17H2,(H,26,30). The van der Waals surface area contributed by atoms with Gasteiger partial charge in [0.25, 0.3) is 5.56 Å². The zero-order valence-corrected chi connectivity index (χ0v) is 17.7. The molecule has 1 aromatic heterocycles. The van der Waals surface area contributed by atoms with Gasteiger partial charge in [0.1, 0.15) is 12.4 Å². The van der Waals surface area contributed by atoms with Crippen LogP contribution in [0, 0.1) is 5.82 Å². The summed E-state index contributed by atoms with van der Waals surface area (Å²) >= 11 is 0. The number of nitrogens with zero attached hydrogens (tertiary/aromatic N) is 3. The summed E-state index contributed by atoms with van der Waals surface area (Å²) < 4.78 is 14.5. The Labute approximate surface area is 185 Å². The Bertz CT molecular complexity index is 1170. The van der Waals surface area contributed by atoms with Crippen molar-refractivity contribution >= 4 is 28.3 Å². The molecule has 0 atom stereocenters. The van der Waals surface area contributed by atoms with Gasteiger partial charge in [-0.3, -0.25) is 14.4 Å². The molecule has 1 aliphatic heterocycles. The number of carbonyl (C=O) groups excluding carboxylic acids is 2. The van der Waals surface area contributed by atoms with Gasteiger partial charge in [-0.25, -0.2) is 4.39 Å². The fraction of sp³-hybridized carbons (Fsp3) is 0.292. The number of amides is 2. The van der Waals surface area contributed by atoms with E-state index in [0.717, 1.165) is 11.1 Å². The molecule has 8 heteroatoms. The molecule has 1 N–H and O–H groups in total. The van der Waals surface area contributed by atoms with Gasteiger partial charge in [0.15, 0.2) is 0 Å². The first-order valence-corrected chi connectivity index (χ1v) is 10.6. The average Bonchev–Trinajstić information content (AvgIpc) is 2.81. The summed E-state index contributed by atoms with van der Waals surface area (Å²) in [5, 5.41) is 4.12. The summed E-state index contributed by atoms with van der Waals surface area (Å²) in [4.78, 5) is 41.1. The summed E-state index contributed by atoms with van der Waals surface area (Å²) in [5.41, 5.74) is 0.725. The number of rotatable bonds is 6. The smallest absolute Gasteiger partial charge is 0.258 e. The van der Waals surface area contributed by atoms with Gasteiger partial charge in [-0.2, -0.15) is 0 Å². The molecular formula is C24H25FN4O3. The fourth-order valence-corrected chi connectivity index (χ4v) is 3.90. The highest BCUT2D eigenvalue weighted by atomic mass is 19.1. The number of carbonyl (C=O) groups is 2. The molecule has 0 radical (unpaired) electrons. The van der Waals surface area contributed by atoms with Crippen molar-refractivity contribution in [3.63, 3.8) is 0 Å². The Morgan fingerprint density at radius 1 is 0.938 bits per heavy atom.